The first-order chi connectivity index (χ1) is 30.2. The summed E-state index contributed by atoms with van der Waals surface area (Å²) in [5.41, 5.74) is 0. The SMILES string of the molecule is CCCCCCCCCCCCCCCCCCC(=O)OC[C@H](COC(=O)CCCCCCCCCCC(C)C)OC(=O)CCCCCCCCCCCCCCCCC(C)C. The lowest BCUT2D eigenvalue weighted by Gasteiger charge is -2.18. The van der Waals surface area contributed by atoms with Gasteiger partial charge < -0.3 is 14.2 Å². The highest BCUT2D eigenvalue weighted by molar-refractivity contribution is 5.71. The highest BCUT2D eigenvalue weighted by Crippen LogP contribution is 2.18. The van der Waals surface area contributed by atoms with Crippen LogP contribution in [0.1, 0.15) is 311 Å². The van der Waals surface area contributed by atoms with Crippen LogP contribution in [0.25, 0.3) is 0 Å². The van der Waals surface area contributed by atoms with E-state index in [2.05, 4.69) is 34.6 Å². The summed E-state index contributed by atoms with van der Waals surface area (Å²) < 4.78 is 16.8. The maximum Gasteiger partial charge on any atom is 0.306 e. The Morgan fingerprint density at radius 3 is 0.790 bits per heavy atom. The first-order valence-electron chi connectivity index (χ1n) is 27.7. The van der Waals surface area contributed by atoms with Crippen LogP contribution in [0.3, 0.4) is 0 Å². The van der Waals surface area contributed by atoms with E-state index in [1.165, 1.54) is 199 Å². The molecule has 0 aromatic heterocycles. The molecule has 0 aliphatic heterocycles. The van der Waals surface area contributed by atoms with Crippen molar-refractivity contribution in [3.63, 3.8) is 0 Å². The molecule has 0 rings (SSSR count). The Morgan fingerprint density at radius 2 is 0.532 bits per heavy atom. The summed E-state index contributed by atoms with van der Waals surface area (Å²) in [5.74, 6) is 0.795. The molecule has 1 atom stereocenters. The van der Waals surface area contributed by atoms with E-state index in [-0.39, 0.29) is 31.1 Å². The summed E-state index contributed by atoms with van der Waals surface area (Å²) in [5, 5.41) is 0. The normalized spacial score (nSPS) is 12.0. The molecule has 0 saturated carbocycles. The van der Waals surface area contributed by atoms with Crippen molar-refractivity contribution in [3.8, 4) is 0 Å². The molecule has 0 amide bonds. The van der Waals surface area contributed by atoms with Crippen molar-refractivity contribution in [2.75, 3.05) is 13.2 Å². The maximum absolute atomic E-state index is 12.8. The molecule has 0 aliphatic carbocycles. The zero-order valence-electron chi connectivity index (χ0n) is 42.5. The van der Waals surface area contributed by atoms with E-state index in [0.717, 1.165) is 69.6 Å². The second-order valence-electron chi connectivity index (χ2n) is 20.2. The van der Waals surface area contributed by atoms with Crippen molar-refractivity contribution in [1.29, 1.82) is 0 Å². The van der Waals surface area contributed by atoms with Gasteiger partial charge in [0.15, 0.2) is 6.10 Å². The minimum atomic E-state index is -0.762. The maximum atomic E-state index is 12.8. The Hall–Kier alpha value is -1.59. The Kier molecular flexibility index (Phi) is 47.6. The van der Waals surface area contributed by atoms with Crippen molar-refractivity contribution in [3.05, 3.63) is 0 Å². The van der Waals surface area contributed by atoms with Crippen LogP contribution in [-0.4, -0.2) is 37.2 Å². The molecule has 368 valence electrons. The van der Waals surface area contributed by atoms with Crippen LogP contribution < -0.4 is 0 Å². The molecule has 0 radical (unpaired) electrons. The molecule has 0 aliphatic rings. The van der Waals surface area contributed by atoms with E-state index >= 15 is 0 Å². The first kappa shape index (κ1) is 60.4. The van der Waals surface area contributed by atoms with Gasteiger partial charge in [0.05, 0.1) is 0 Å². The summed E-state index contributed by atoms with van der Waals surface area (Å²) in [4.78, 5) is 38.0. The van der Waals surface area contributed by atoms with Crippen LogP contribution in [0.4, 0.5) is 0 Å². The van der Waals surface area contributed by atoms with E-state index in [9.17, 15) is 14.4 Å². The van der Waals surface area contributed by atoms with Crippen molar-refractivity contribution in [2.24, 2.45) is 11.8 Å². The first-order valence-corrected chi connectivity index (χ1v) is 27.7. The third kappa shape index (κ3) is 49.4. The van der Waals surface area contributed by atoms with E-state index in [1.807, 2.05) is 0 Å². The lowest BCUT2D eigenvalue weighted by molar-refractivity contribution is -0.167. The number of unbranched alkanes of at least 4 members (excludes halogenated alkanes) is 35. The third-order valence-electron chi connectivity index (χ3n) is 12.7. The van der Waals surface area contributed by atoms with Crippen LogP contribution in [0.2, 0.25) is 0 Å². The van der Waals surface area contributed by atoms with Gasteiger partial charge in [0.25, 0.3) is 0 Å². The van der Waals surface area contributed by atoms with Gasteiger partial charge in [-0.3, -0.25) is 14.4 Å². The summed E-state index contributed by atoms with van der Waals surface area (Å²) in [6, 6.07) is 0. The predicted molar refractivity (Wildman–Crippen MR) is 266 cm³/mol. The van der Waals surface area contributed by atoms with Gasteiger partial charge in [-0.2, -0.15) is 0 Å². The number of carbonyl (C=O) groups is 3. The van der Waals surface area contributed by atoms with Crippen LogP contribution in [0, 0.1) is 11.8 Å². The highest BCUT2D eigenvalue weighted by atomic mass is 16.6. The molecule has 0 aromatic carbocycles. The molecular formula is C56H108O6. The van der Waals surface area contributed by atoms with Crippen LogP contribution in [0.5, 0.6) is 0 Å². The number of rotatable bonds is 50. The molecule has 0 spiro atoms. The number of hydrogen-bond acceptors (Lipinski definition) is 6. The van der Waals surface area contributed by atoms with Gasteiger partial charge in [-0.05, 0) is 31.1 Å². The fourth-order valence-corrected chi connectivity index (χ4v) is 8.52. The number of esters is 3. The molecule has 0 heterocycles. The van der Waals surface area contributed by atoms with Crippen molar-refractivity contribution in [1.82, 2.24) is 0 Å². The van der Waals surface area contributed by atoms with E-state index < -0.39 is 6.10 Å². The molecule has 0 aromatic rings. The quantitative estimate of drug-likeness (QED) is 0.0344. The minimum absolute atomic E-state index is 0.0633. The average Bonchev–Trinajstić information content (AvgIpc) is 3.24. The van der Waals surface area contributed by atoms with Gasteiger partial charge in [0.1, 0.15) is 13.2 Å². The molecule has 0 unspecified atom stereocenters. The number of carbonyl (C=O) groups excluding carboxylic acids is 3. The van der Waals surface area contributed by atoms with Crippen molar-refractivity contribution >= 4 is 17.9 Å². The van der Waals surface area contributed by atoms with Crippen molar-refractivity contribution < 1.29 is 28.6 Å². The van der Waals surface area contributed by atoms with E-state index in [4.69, 9.17) is 14.2 Å². The predicted octanol–water partition coefficient (Wildman–Crippen LogP) is 18.1. The molecule has 0 bridgehead atoms. The standard InChI is InChI=1S/C56H108O6/c1-6-7-8-9-10-11-12-13-14-15-19-22-25-31-36-41-46-54(57)60-49-53(50-61-55(58)47-42-37-32-28-27-30-35-40-45-52(4)5)62-56(59)48-43-38-33-26-23-20-17-16-18-21-24-29-34-39-44-51(2)3/h51-53H,6-50H2,1-5H3/t53-/m1/s1. The molecule has 62 heavy (non-hydrogen) atoms. The monoisotopic (exact) mass is 877 g/mol. The lowest BCUT2D eigenvalue weighted by Crippen LogP contribution is -2.30. The third-order valence-corrected chi connectivity index (χ3v) is 12.7. The second kappa shape index (κ2) is 48.9. The summed E-state index contributed by atoms with van der Waals surface area (Å²) in [6.07, 6.45) is 51.0. The van der Waals surface area contributed by atoms with Gasteiger partial charge in [0.2, 0.25) is 0 Å². The number of hydrogen-bond donors (Lipinski definition) is 0. The molecule has 0 saturated heterocycles. The smallest absolute Gasteiger partial charge is 0.306 e. The Bertz CT molecular complexity index is 947. The van der Waals surface area contributed by atoms with Gasteiger partial charge >= 0.3 is 17.9 Å². The Labute approximate surface area is 387 Å². The van der Waals surface area contributed by atoms with E-state index in [1.54, 1.807) is 0 Å². The fourth-order valence-electron chi connectivity index (χ4n) is 8.52. The highest BCUT2D eigenvalue weighted by Gasteiger charge is 2.19. The summed E-state index contributed by atoms with van der Waals surface area (Å²) in [6.45, 7) is 11.4. The summed E-state index contributed by atoms with van der Waals surface area (Å²) in [7, 11) is 0. The zero-order valence-corrected chi connectivity index (χ0v) is 42.5. The average molecular weight is 877 g/mol. The minimum Gasteiger partial charge on any atom is -0.462 e. The Balaban J connectivity index is 4.28. The topological polar surface area (TPSA) is 78.9 Å². The van der Waals surface area contributed by atoms with Crippen LogP contribution >= 0.6 is 0 Å². The molecule has 0 fully saturated rings. The van der Waals surface area contributed by atoms with Crippen LogP contribution in [-0.2, 0) is 28.6 Å². The molecule has 0 N–H and O–H groups in total. The van der Waals surface area contributed by atoms with E-state index in [0.29, 0.717) is 19.3 Å². The summed E-state index contributed by atoms with van der Waals surface area (Å²) >= 11 is 0. The second-order valence-corrected chi connectivity index (χ2v) is 20.2. The van der Waals surface area contributed by atoms with Gasteiger partial charge in [0, 0.05) is 19.3 Å². The van der Waals surface area contributed by atoms with Crippen molar-refractivity contribution in [2.45, 2.75) is 317 Å². The van der Waals surface area contributed by atoms with Gasteiger partial charge in [-0.15, -0.1) is 0 Å². The molecule has 6 heteroatoms. The lowest BCUT2D eigenvalue weighted by atomic mass is 10.0. The van der Waals surface area contributed by atoms with Gasteiger partial charge in [-0.1, -0.05) is 272 Å². The largest absolute Gasteiger partial charge is 0.462 e. The Morgan fingerprint density at radius 1 is 0.306 bits per heavy atom. The zero-order chi connectivity index (χ0) is 45.4. The van der Waals surface area contributed by atoms with Gasteiger partial charge in [-0.25, -0.2) is 0 Å². The molecule has 6 nitrogen and oxygen atoms in total. The number of ether oxygens (including phenoxy) is 3. The molecular weight excluding hydrogens is 769 g/mol. The van der Waals surface area contributed by atoms with Crippen LogP contribution in [0.15, 0.2) is 0 Å². The fraction of sp³-hybridized carbons (Fsp3) is 0.946.